The zero-order valence-electron chi connectivity index (χ0n) is 28.7. The molecule has 0 spiro atoms. The third-order valence-electron chi connectivity index (χ3n) is 8.81. The Kier molecular flexibility index (Phi) is 14.5. The number of guanidine groups is 1. The number of carbonyl (C=O) groups is 4. The quantitative estimate of drug-likeness (QED) is 0.0910. The number of aryl methyl sites for hydroxylation is 1. The molecule has 0 aromatic heterocycles. The fraction of sp³-hybridized carbons (Fsp3) is 0.594. The minimum absolute atomic E-state index is 0.0396. The van der Waals surface area contributed by atoms with Crippen molar-refractivity contribution in [1.29, 1.82) is 0 Å². The highest BCUT2D eigenvalue weighted by Gasteiger charge is 2.61. The first kappa shape index (κ1) is 39.6. The van der Waals surface area contributed by atoms with Gasteiger partial charge in [-0.3, -0.25) is 19.4 Å². The molecule has 1 aromatic carbocycles. The number of piperidine rings is 1. The molecule has 16 nitrogen and oxygen atoms in total. The number of rotatable bonds is 12. The Hall–Kier alpha value is -4.57. The summed E-state index contributed by atoms with van der Waals surface area (Å²) in [4.78, 5) is 53.8. The predicted octanol–water partition coefficient (Wildman–Crippen LogP) is 0.525. The van der Waals surface area contributed by atoms with Gasteiger partial charge < -0.3 is 56.7 Å². The van der Waals surface area contributed by atoms with Crippen LogP contribution in [0.5, 0.6) is 11.5 Å². The van der Waals surface area contributed by atoms with Crippen molar-refractivity contribution in [2.24, 2.45) is 16.5 Å². The number of amides is 3. The van der Waals surface area contributed by atoms with Gasteiger partial charge in [0.05, 0.1) is 19.3 Å². The van der Waals surface area contributed by atoms with Gasteiger partial charge in [-0.25, -0.2) is 4.79 Å². The number of allylic oxidation sites excluding steroid dienone is 1. The van der Waals surface area contributed by atoms with Crippen LogP contribution in [-0.4, -0.2) is 121 Å². The number of nitrogens with two attached hydrogens (primary N) is 2. The highest BCUT2D eigenvalue weighted by atomic mass is 16.6. The molecule has 1 aliphatic heterocycles. The maximum absolute atomic E-state index is 12.9. The number of aromatic hydroxyl groups is 1. The monoisotopic (exact) mass is 677 g/mol. The normalized spacial score (nSPS) is 21.6. The van der Waals surface area contributed by atoms with Crippen LogP contribution in [0.4, 0.5) is 4.79 Å². The minimum atomic E-state index is -1.30. The van der Waals surface area contributed by atoms with Crippen molar-refractivity contribution in [2.75, 3.05) is 53.9 Å². The van der Waals surface area contributed by atoms with Crippen molar-refractivity contribution in [3.8, 4) is 11.5 Å². The molecule has 268 valence electrons. The number of aliphatic hydroxyl groups is 1. The van der Waals surface area contributed by atoms with Gasteiger partial charge in [-0.2, -0.15) is 0 Å². The third kappa shape index (κ3) is 9.73. The Bertz CT molecular complexity index is 1380. The molecular weight excluding hydrogens is 626 g/mol. The predicted molar refractivity (Wildman–Crippen MR) is 178 cm³/mol. The maximum Gasteiger partial charge on any atom is 0.414 e. The summed E-state index contributed by atoms with van der Waals surface area (Å²) in [5.41, 5.74) is 9.16. The van der Waals surface area contributed by atoms with Crippen molar-refractivity contribution in [2.45, 2.75) is 69.9 Å². The van der Waals surface area contributed by atoms with Gasteiger partial charge in [0.25, 0.3) is 0 Å². The third-order valence-corrected chi connectivity index (χ3v) is 8.81. The summed E-state index contributed by atoms with van der Waals surface area (Å²) in [5.74, 6) is -1.81. The number of ether oxygens (including phenoxy) is 2. The zero-order valence-corrected chi connectivity index (χ0v) is 28.7. The van der Waals surface area contributed by atoms with Crippen LogP contribution in [-0.2, 0) is 24.5 Å². The molecule has 3 atom stereocenters. The van der Waals surface area contributed by atoms with E-state index in [1.54, 1.807) is 12.1 Å². The van der Waals surface area contributed by atoms with Crippen LogP contribution in [0, 0.1) is 6.92 Å². The summed E-state index contributed by atoms with van der Waals surface area (Å²) in [6, 6.07) is 3.27. The van der Waals surface area contributed by atoms with Gasteiger partial charge in [-0.1, -0.05) is 13.0 Å². The van der Waals surface area contributed by atoms with E-state index in [2.05, 4.69) is 20.5 Å². The Morgan fingerprint density at radius 2 is 1.88 bits per heavy atom. The summed E-state index contributed by atoms with van der Waals surface area (Å²) >= 11 is 0. The maximum atomic E-state index is 12.9. The number of methoxy groups -OCH3 is 1. The van der Waals surface area contributed by atoms with Gasteiger partial charge in [0.2, 0.25) is 11.8 Å². The number of hydrogen-bond acceptors (Lipinski definition) is 10. The van der Waals surface area contributed by atoms with E-state index in [4.69, 9.17) is 26.0 Å². The average molecular weight is 678 g/mol. The summed E-state index contributed by atoms with van der Waals surface area (Å²) in [5, 5.41) is 36.8. The number of nitrogens with zero attached hydrogens (tertiary/aromatic N) is 3. The van der Waals surface area contributed by atoms with Crippen LogP contribution in [0.2, 0.25) is 0 Å². The first-order valence-corrected chi connectivity index (χ1v) is 15.7. The molecular formula is C32H51N7O9. The fourth-order valence-corrected chi connectivity index (χ4v) is 6.06. The average Bonchev–Trinajstić information content (AvgIpc) is 3.02. The summed E-state index contributed by atoms with van der Waals surface area (Å²) in [6.45, 7) is 7.02. The van der Waals surface area contributed by atoms with Gasteiger partial charge in [-0.15, -0.1) is 0 Å². The van der Waals surface area contributed by atoms with Crippen LogP contribution in [0.3, 0.4) is 0 Å². The molecule has 1 aromatic rings. The Morgan fingerprint density at radius 1 is 1.19 bits per heavy atom. The molecule has 1 aliphatic carbocycles. The van der Waals surface area contributed by atoms with E-state index >= 15 is 0 Å². The van der Waals surface area contributed by atoms with E-state index in [0.29, 0.717) is 30.0 Å². The van der Waals surface area contributed by atoms with Crippen molar-refractivity contribution >= 4 is 29.8 Å². The lowest BCUT2D eigenvalue weighted by Gasteiger charge is -2.59. The molecule has 1 fully saturated rings. The van der Waals surface area contributed by atoms with Gasteiger partial charge in [0.15, 0.2) is 17.5 Å². The number of benzene rings is 1. The van der Waals surface area contributed by atoms with Gasteiger partial charge in [-0.05, 0) is 58.0 Å². The second-order valence-electron chi connectivity index (χ2n) is 12.1. The van der Waals surface area contributed by atoms with E-state index in [0.717, 1.165) is 18.5 Å². The molecule has 0 radical (unpaired) electrons. The molecule has 16 heteroatoms. The standard InChI is InChI=1S/C28H40N4O9.C4H11N3/c1-17-6-7-20(40-5)25(37)24(17)27-10-12-31(3)18(2)28(27,39)9-8-19(15-27)41-26(38)32(4)13-11-29-22(34)16-30-21(33)14-23(35)36;1-2-3-7-4(5)6/h6-8,18,37,39H,9-16H2,1-5H3,(H,29,34)(H,30,33)(H,35,36);2-3H2,1H3,(H4,5,6,7)/t18?,27-,28?;/m1./s1. The molecule has 9 N–H and O–H groups in total. The molecule has 1 heterocycles. The van der Waals surface area contributed by atoms with E-state index in [9.17, 15) is 29.4 Å². The van der Waals surface area contributed by atoms with E-state index in [1.807, 2.05) is 33.9 Å². The minimum Gasteiger partial charge on any atom is -0.504 e. The number of phenols is 1. The molecule has 2 aliphatic rings. The Balaban J connectivity index is 0.00000103. The second-order valence-corrected chi connectivity index (χ2v) is 12.1. The summed E-state index contributed by atoms with van der Waals surface area (Å²) < 4.78 is 11.1. The van der Waals surface area contributed by atoms with Gasteiger partial charge in [0.1, 0.15) is 12.2 Å². The van der Waals surface area contributed by atoms with E-state index in [-0.39, 0.29) is 50.2 Å². The van der Waals surface area contributed by atoms with Crippen LogP contribution in [0.1, 0.15) is 57.1 Å². The Labute approximate surface area is 281 Å². The summed E-state index contributed by atoms with van der Waals surface area (Å²) in [6.07, 6.45) is 2.20. The largest absolute Gasteiger partial charge is 0.504 e. The molecule has 0 bridgehead atoms. The SMILES string of the molecule is CCCN=C(N)N.COc1ccc(C)c([C@]23CCN(C)C(C)C2(O)CC=C(OC(=O)N(C)CCNC(=O)CNC(=O)CC(=O)O)C3)c1O. The van der Waals surface area contributed by atoms with Crippen molar-refractivity contribution in [3.63, 3.8) is 0 Å². The fourth-order valence-electron chi connectivity index (χ4n) is 6.06. The first-order chi connectivity index (χ1) is 22.5. The molecule has 0 saturated carbocycles. The molecule has 48 heavy (non-hydrogen) atoms. The smallest absolute Gasteiger partial charge is 0.414 e. The van der Waals surface area contributed by atoms with Gasteiger partial charge >= 0.3 is 12.1 Å². The number of nitrogens with one attached hydrogen (secondary N) is 2. The molecule has 1 saturated heterocycles. The van der Waals surface area contributed by atoms with Crippen molar-refractivity contribution in [1.82, 2.24) is 20.4 Å². The van der Waals surface area contributed by atoms with Crippen LogP contribution < -0.4 is 26.8 Å². The highest BCUT2D eigenvalue weighted by molar-refractivity contribution is 5.95. The number of phenolic OH excluding ortho intramolecular Hbond substituents is 1. The van der Waals surface area contributed by atoms with Crippen LogP contribution >= 0.6 is 0 Å². The number of fused-ring (bicyclic) bond motifs is 1. The number of likely N-dealkylation sites (tertiary alicyclic amines) is 1. The van der Waals surface area contributed by atoms with E-state index in [1.165, 1.54) is 19.1 Å². The lowest BCUT2D eigenvalue weighted by molar-refractivity contribution is -0.141. The van der Waals surface area contributed by atoms with Crippen LogP contribution in [0.15, 0.2) is 29.0 Å². The number of carbonyl (C=O) groups excluding carboxylic acids is 3. The number of likely N-dealkylation sites (N-methyl/N-ethyl adjacent to an activating group) is 2. The molecule has 3 amide bonds. The number of aliphatic imine (C=N–C) groups is 1. The topological polar surface area (TPSA) is 242 Å². The number of hydrogen-bond donors (Lipinski definition) is 7. The Morgan fingerprint density at radius 3 is 2.46 bits per heavy atom. The molecule has 2 unspecified atom stereocenters. The first-order valence-electron chi connectivity index (χ1n) is 15.7. The highest BCUT2D eigenvalue weighted by Crippen LogP contribution is 2.57. The second kappa shape index (κ2) is 17.5. The number of carboxylic acid groups (broad SMARTS) is 1. The van der Waals surface area contributed by atoms with Crippen molar-refractivity contribution in [3.05, 3.63) is 35.1 Å². The van der Waals surface area contributed by atoms with Crippen LogP contribution in [0.25, 0.3) is 0 Å². The van der Waals surface area contributed by atoms with E-state index < -0.39 is 41.3 Å². The summed E-state index contributed by atoms with van der Waals surface area (Å²) in [7, 11) is 4.92. The zero-order chi connectivity index (χ0) is 36.2. The lowest BCUT2D eigenvalue weighted by Crippen LogP contribution is -2.68. The number of aliphatic carboxylic acids is 1. The van der Waals surface area contributed by atoms with Gasteiger partial charge in [0, 0.05) is 56.5 Å². The lowest BCUT2D eigenvalue weighted by atomic mass is 9.54. The molecule has 3 rings (SSSR count). The number of carboxylic acids is 1. The van der Waals surface area contributed by atoms with Crippen molar-refractivity contribution < 1.29 is 44.0 Å².